The van der Waals surface area contributed by atoms with Crippen LogP contribution in [0.25, 0.3) is 0 Å². The van der Waals surface area contributed by atoms with Gasteiger partial charge in [0.15, 0.2) is 11.3 Å². The summed E-state index contributed by atoms with van der Waals surface area (Å²) in [6, 6.07) is 0. The van der Waals surface area contributed by atoms with Gasteiger partial charge in [0.05, 0.1) is 0 Å². The topological polar surface area (TPSA) is 3.01 Å². The van der Waals surface area contributed by atoms with Gasteiger partial charge in [-0.25, -0.2) is 4.58 Å². The van der Waals surface area contributed by atoms with Crippen molar-refractivity contribution in [2.75, 3.05) is 6.54 Å². The van der Waals surface area contributed by atoms with E-state index in [4.69, 9.17) is 0 Å². The zero-order valence-corrected chi connectivity index (χ0v) is 10.8. The van der Waals surface area contributed by atoms with Gasteiger partial charge in [0.2, 0.25) is 0 Å². The molecule has 0 N–H and O–H groups in total. The van der Waals surface area contributed by atoms with Gasteiger partial charge in [-0.15, -0.1) is 0 Å². The molecule has 0 saturated heterocycles. The van der Waals surface area contributed by atoms with E-state index in [1.807, 2.05) is 0 Å². The van der Waals surface area contributed by atoms with Crippen LogP contribution in [0.5, 0.6) is 0 Å². The number of hydrogen-bond acceptors (Lipinski definition) is 0. The van der Waals surface area contributed by atoms with Crippen LogP contribution in [0.15, 0.2) is 0 Å². The Labute approximate surface area is 89.2 Å². The summed E-state index contributed by atoms with van der Waals surface area (Å²) in [5.74, 6) is 0. The number of nitrogens with zero attached hydrogens (tertiary/aromatic N) is 1. The molecule has 0 atom stereocenters. The highest BCUT2D eigenvalue weighted by molar-refractivity contribution is 5.85. The van der Waals surface area contributed by atoms with Crippen LogP contribution in [-0.4, -0.2) is 22.4 Å². The van der Waals surface area contributed by atoms with Crippen molar-refractivity contribution in [3.05, 3.63) is 0 Å². The zero-order chi connectivity index (χ0) is 11.0. The Morgan fingerprint density at radius 1 is 0.929 bits per heavy atom. The van der Waals surface area contributed by atoms with Gasteiger partial charge >= 0.3 is 0 Å². The van der Waals surface area contributed by atoms with E-state index in [0.29, 0.717) is 11.0 Å². The summed E-state index contributed by atoms with van der Waals surface area (Å²) in [7, 11) is 0. The fourth-order valence-electron chi connectivity index (χ4n) is 2.35. The van der Waals surface area contributed by atoms with Crippen molar-refractivity contribution in [1.29, 1.82) is 0 Å². The van der Waals surface area contributed by atoms with Gasteiger partial charge < -0.3 is 0 Å². The van der Waals surface area contributed by atoms with Crippen LogP contribution in [0, 0.1) is 5.41 Å². The minimum Gasteiger partial charge on any atom is -0.232 e. The monoisotopic (exact) mass is 196 g/mol. The molecule has 1 aliphatic rings. The molecule has 0 unspecified atom stereocenters. The largest absolute Gasteiger partial charge is 0.232 e. The minimum absolute atomic E-state index is 0.295. The highest BCUT2D eigenvalue weighted by atomic mass is 15.1. The molecule has 1 nitrogen and oxygen atoms in total. The lowest BCUT2D eigenvalue weighted by Gasteiger charge is -2.30. The highest BCUT2D eigenvalue weighted by Crippen LogP contribution is 2.26. The van der Waals surface area contributed by atoms with Crippen molar-refractivity contribution in [2.45, 2.75) is 66.3 Å². The summed E-state index contributed by atoms with van der Waals surface area (Å²) in [5.41, 5.74) is 2.28. The van der Waals surface area contributed by atoms with E-state index in [0.717, 1.165) is 0 Å². The molecule has 0 spiro atoms. The lowest BCUT2D eigenvalue weighted by atomic mass is 9.83. The molecule has 0 aromatic heterocycles. The average Bonchev–Trinajstić information content (AvgIpc) is 2.01. The first-order chi connectivity index (χ1) is 6.23. The summed E-state index contributed by atoms with van der Waals surface area (Å²) < 4.78 is 2.62. The molecule has 0 fully saturated rings. The van der Waals surface area contributed by atoms with Crippen LogP contribution in [0.1, 0.15) is 60.8 Å². The van der Waals surface area contributed by atoms with E-state index >= 15 is 0 Å². The summed E-state index contributed by atoms with van der Waals surface area (Å²) in [4.78, 5) is 0. The molecule has 1 heterocycles. The quantitative estimate of drug-likeness (QED) is 0.522. The molecular formula is C13H26N+. The first-order valence-electron chi connectivity index (χ1n) is 5.87. The molecule has 0 saturated carbocycles. The third kappa shape index (κ3) is 2.59. The van der Waals surface area contributed by atoms with Crippen molar-refractivity contribution in [2.24, 2.45) is 5.41 Å². The lowest BCUT2D eigenvalue weighted by molar-refractivity contribution is -0.604. The van der Waals surface area contributed by atoms with E-state index < -0.39 is 0 Å². The van der Waals surface area contributed by atoms with Crippen molar-refractivity contribution in [3.63, 3.8) is 0 Å². The molecule has 82 valence electrons. The van der Waals surface area contributed by atoms with Gasteiger partial charge in [0, 0.05) is 18.3 Å². The first-order valence-corrected chi connectivity index (χ1v) is 5.87. The van der Waals surface area contributed by atoms with Gasteiger partial charge in [0.25, 0.3) is 0 Å². The smallest absolute Gasteiger partial charge is 0.158 e. The molecule has 14 heavy (non-hydrogen) atoms. The Hall–Kier alpha value is -0.330. The molecule has 0 amide bonds. The molecular weight excluding hydrogens is 170 g/mol. The molecule has 0 radical (unpaired) electrons. The van der Waals surface area contributed by atoms with Crippen molar-refractivity contribution >= 4 is 5.71 Å². The standard InChI is InChI=1S/C13H26N/c1-12(2,3)11-9-7-8-10-14(11)13(4,5)6/h7-10H2,1-6H3/q+1. The SMILES string of the molecule is CC(C)(C)C1=[N+](C(C)(C)C)CCCC1. The maximum absolute atomic E-state index is 2.62. The maximum Gasteiger partial charge on any atom is 0.158 e. The van der Waals surface area contributed by atoms with Crippen molar-refractivity contribution in [3.8, 4) is 0 Å². The Balaban J connectivity index is 3.10. The van der Waals surface area contributed by atoms with Crippen molar-refractivity contribution in [1.82, 2.24) is 0 Å². The predicted molar refractivity (Wildman–Crippen MR) is 63.2 cm³/mol. The zero-order valence-electron chi connectivity index (χ0n) is 10.8. The van der Waals surface area contributed by atoms with Crippen LogP contribution in [0.3, 0.4) is 0 Å². The fourth-order valence-corrected chi connectivity index (χ4v) is 2.35. The summed E-state index contributed by atoms with van der Waals surface area (Å²) in [6.07, 6.45) is 4.02. The van der Waals surface area contributed by atoms with E-state index in [2.05, 4.69) is 46.1 Å². The number of hydrogen-bond donors (Lipinski definition) is 0. The molecule has 0 bridgehead atoms. The summed E-state index contributed by atoms with van der Waals surface area (Å²) >= 11 is 0. The fraction of sp³-hybridized carbons (Fsp3) is 0.923. The minimum atomic E-state index is 0.295. The van der Waals surface area contributed by atoms with E-state index in [9.17, 15) is 0 Å². The third-order valence-electron chi connectivity index (χ3n) is 3.05. The van der Waals surface area contributed by atoms with Crippen LogP contribution in [0.4, 0.5) is 0 Å². The maximum atomic E-state index is 2.62. The molecule has 1 heteroatoms. The Morgan fingerprint density at radius 2 is 1.50 bits per heavy atom. The van der Waals surface area contributed by atoms with Crippen LogP contribution in [-0.2, 0) is 0 Å². The van der Waals surface area contributed by atoms with Crippen LogP contribution in [0.2, 0.25) is 0 Å². The second kappa shape index (κ2) is 3.67. The van der Waals surface area contributed by atoms with Gasteiger partial charge in [-0.05, 0) is 27.2 Å². The van der Waals surface area contributed by atoms with Crippen LogP contribution < -0.4 is 0 Å². The Morgan fingerprint density at radius 3 is 1.86 bits per heavy atom. The Kier molecular flexibility index (Phi) is 3.08. The van der Waals surface area contributed by atoms with Gasteiger partial charge in [-0.1, -0.05) is 20.8 Å². The second-order valence-corrected chi connectivity index (χ2v) is 6.48. The molecule has 1 aliphatic heterocycles. The van der Waals surface area contributed by atoms with Gasteiger partial charge in [-0.3, -0.25) is 0 Å². The first kappa shape index (κ1) is 11.7. The Bertz CT molecular complexity index is 209. The lowest BCUT2D eigenvalue weighted by Crippen LogP contribution is -2.44. The second-order valence-electron chi connectivity index (χ2n) is 6.48. The van der Waals surface area contributed by atoms with E-state index in [1.165, 1.54) is 25.8 Å². The molecule has 0 aromatic carbocycles. The normalized spacial score (nSPS) is 20.1. The van der Waals surface area contributed by atoms with E-state index in [-0.39, 0.29) is 0 Å². The average molecular weight is 196 g/mol. The molecule has 1 rings (SSSR count). The highest BCUT2D eigenvalue weighted by Gasteiger charge is 2.36. The van der Waals surface area contributed by atoms with Gasteiger partial charge in [-0.2, -0.15) is 0 Å². The summed E-state index contributed by atoms with van der Waals surface area (Å²) in [6.45, 7) is 15.2. The molecule has 0 aliphatic carbocycles. The van der Waals surface area contributed by atoms with E-state index in [1.54, 1.807) is 5.71 Å². The molecule has 0 aromatic rings. The van der Waals surface area contributed by atoms with Crippen LogP contribution >= 0.6 is 0 Å². The van der Waals surface area contributed by atoms with Crippen molar-refractivity contribution < 1.29 is 4.58 Å². The number of rotatable bonds is 0. The van der Waals surface area contributed by atoms with Gasteiger partial charge in [0.1, 0.15) is 6.54 Å². The predicted octanol–water partition coefficient (Wildman–Crippen LogP) is 3.47. The summed E-state index contributed by atoms with van der Waals surface area (Å²) in [5, 5.41) is 0. The third-order valence-corrected chi connectivity index (χ3v) is 3.05.